The number of H-pyrrole nitrogens is 1. The summed E-state index contributed by atoms with van der Waals surface area (Å²) in [5.74, 6) is 0.328. The molecule has 8 nitrogen and oxygen atoms in total. The first-order valence-corrected chi connectivity index (χ1v) is 10.4. The average Bonchev–Trinajstić information content (AvgIpc) is 3.17. The van der Waals surface area contributed by atoms with Crippen LogP contribution in [0.15, 0.2) is 34.2 Å². The minimum Gasteiger partial charge on any atom is -0.497 e. The molecule has 1 amide bonds. The number of methoxy groups -OCH3 is 1. The third-order valence-electron chi connectivity index (χ3n) is 5.16. The zero-order chi connectivity index (χ0) is 21.8. The summed E-state index contributed by atoms with van der Waals surface area (Å²) in [5.41, 5.74) is 0.774. The van der Waals surface area contributed by atoms with E-state index in [2.05, 4.69) is 10.1 Å². The fourth-order valence-electron chi connectivity index (χ4n) is 3.48. The monoisotopic (exact) mass is 430 g/mol. The van der Waals surface area contributed by atoms with Crippen molar-refractivity contribution < 1.29 is 14.6 Å². The molecule has 1 aromatic carbocycles. The van der Waals surface area contributed by atoms with Crippen molar-refractivity contribution in [2.24, 2.45) is 5.10 Å². The summed E-state index contributed by atoms with van der Waals surface area (Å²) in [4.78, 5) is 27.8. The molecule has 1 aromatic heterocycles. The lowest BCUT2D eigenvalue weighted by atomic mass is 9.99. The first kappa shape index (κ1) is 21.8. The molecule has 1 aliphatic heterocycles. The van der Waals surface area contributed by atoms with Crippen LogP contribution in [-0.4, -0.2) is 38.4 Å². The van der Waals surface area contributed by atoms with Crippen molar-refractivity contribution in [1.82, 2.24) is 14.6 Å². The number of unbranched alkanes of at least 4 members (excludes halogenated alkanes) is 1. The van der Waals surface area contributed by atoms with Crippen LogP contribution in [0, 0.1) is 4.77 Å². The van der Waals surface area contributed by atoms with Crippen LogP contribution in [0.4, 0.5) is 0 Å². The molecule has 1 atom stereocenters. The smallest absolute Gasteiger partial charge is 0.264 e. The second-order valence-electron chi connectivity index (χ2n) is 7.09. The first-order valence-electron chi connectivity index (χ1n) is 10.0. The minimum absolute atomic E-state index is 0.0598. The van der Waals surface area contributed by atoms with E-state index < -0.39 is 5.56 Å². The first-order chi connectivity index (χ1) is 14.4. The van der Waals surface area contributed by atoms with Gasteiger partial charge in [-0.05, 0) is 36.3 Å². The van der Waals surface area contributed by atoms with Crippen molar-refractivity contribution in [3.8, 4) is 11.6 Å². The SMILES string of the molecule is CCCCn1c(O)c(C2=NN(C(=O)CC)[C@H](c3ccc(OC)cc3)C2)c(=O)[nH]c1=S. The van der Waals surface area contributed by atoms with Crippen LogP contribution in [0.25, 0.3) is 0 Å². The number of nitrogens with zero attached hydrogens (tertiary/aromatic N) is 3. The largest absolute Gasteiger partial charge is 0.497 e. The third-order valence-corrected chi connectivity index (χ3v) is 5.49. The predicted molar refractivity (Wildman–Crippen MR) is 116 cm³/mol. The predicted octanol–water partition coefficient (Wildman–Crippen LogP) is 3.51. The number of aromatic nitrogens is 2. The van der Waals surface area contributed by atoms with Gasteiger partial charge in [0.05, 0.1) is 18.9 Å². The van der Waals surface area contributed by atoms with Crippen LogP contribution >= 0.6 is 12.2 Å². The molecule has 160 valence electrons. The quantitative estimate of drug-likeness (QED) is 0.655. The van der Waals surface area contributed by atoms with Gasteiger partial charge in [-0.1, -0.05) is 32.4 Å². The van der Waals surface area contributed by atoms with Crippen LogP contribution in [0.1, 0.15) is 56.7 Å². The zero-order valence-electron chi connectivity index (χ0n) is 17.3. The summed E-state index contributed by atoms with van der Waals surface area (Å²) in [6.07, 6.45) is 2.29. The van der Waals surface area contributed by atoms with Crippen molar-refractivity contribution in [3.63, 3.8) is 0 Å². The normalized spacial score (nSPS) is 15.9. The molecule has 0 fully saturated rings. The number of hydrogen-bond acceptors (Lipinski definition) is 6. The molecule has 9 heteroatoms. The Hall–Kier alpha value is -2.94. The lowest BCUT2D eigenvalue weighted by Gasteiger charge is -2.21. The number of amides is 1. The lowest BCUT2D eigenvalue weighted by Crippen LogP contribution is -2.26. The van der Waals surface area contributed by atoms with Gasteiger partial charge in [0.2, 0.25) is 11.8 Å². The molecule has 0 unspecified atom stereocenters. The highest BCUT2D eigenvalue weighted by atomic mass is 32.1. The van der Waals surface area contributed by atoms with Crippen molar-refractivity contribution in [2.45, 2.75) is 52.1 Å². The van der Waals surface area contributed by atoms with Gasteiger partial charge in [-0.3, -0.25) is 19.1 Å². The highest BCUT2D eigenvalue weighted by Gasteiger charge is 2.35. The van der Waals surface area contributed by atoms with Crippen LogP contribution in [0.3, 0.4) is 0 Å². The van der Waals surface area contributed by atoms with E-state index in [1.54, 1.807) is 14.0 Å². The molecular formula is C21H26N4O4S. The van der Waals surface area contributed by atoms with Gasteiger partial charge >= 0.3 is 0 Å². The summed E-state index contributed by atoms with van der Waals surface area (Å²) in [7, 11) is 1.59. The van der Waals surface area contributed by atoms with Crippen LogP contribution in [0.2, 0.25) is 0 Å². The molecule has 2 heterocycles. The molecule has 1 aliphatic rings. The number of ether oxygens (including phenoxy) is 1. The number of nitrogens with one attached hydrogen (secondary N) is 1. The Morgan fingerprint density at radius 3 is 2.63 bits per heavy atom. The summed E-state index contributed by atoms with van der Waals surface area (Å²) in [5, 5.41) is 16.7. The van der Waals surface area contributed by atoms with Crippen molar-refractivity contribution >= 4 is 23.8 Å². The number of carbonyl (C=O) groups excluding carboxylic acids is 1. The Labute approximate surface area is 179 Å². The summed E-state index contributed by atoms with van der Waals surface area (Å²) in [6, 6.07) is 7.00. The number of benzene rings is 1. The van der Waals surface area contributed by atoms with Gasteiger partial charge < -0.3 is 9.84 Å². The van der Waals surface area contributed by atoms with Crippen LogP contribution in [0.5, 0.6) is 11.6 Å². The van der Waals surface area contributed by atoms with E-state index in [-0.39, 0.29) is 34.6 Å². The van der Waals surface area contributed by atoms with E-state index in [9.17, 15) is 14.7 Å². The number of rotatable bonds is 7. The van der Waals surface area contributed by atoms with Gasteiger partial charge in [0.1, 0.15) is 11.3 Å². The summed E-state index contributed by atoms with van der Waals surface area (Å²) >= 11 is 5.21. The Kier molecular flexibility index (Phi) is 6.71. The van der Waals surface area contributed by atoms with E-state index in [1.165, 1.54) is 9.58 Å². The third kappa shape index (κ3) is 4.16. The fraction of sp³-hybridized carbons (Fsp3) is 0.429. The average molecular weight is 431 g/mol. The van der Waals surface area contributed by atoms with Crippen molar-refractivity contribution in [3.05, 3.63) is 50.5 Å². The number of hydrogen-bond donors (Lipinski definition) is 2. The molecule has 0 bridgehead atoms. The molecular weight excluding hydrogens is 404 g/mol. The van der Waals surface area contributed by atoms with E-state index >= 15 is 0 Å². The second kappa shape index (κ2) is 9.25. The molecule has 2 aromatic rings. The molecule has 0 spiro atoms. The van der Waals surface area contributed by atoms with E-state index in [1.807, 2.05) is 31.2 Å². The fourth-order valence-corrected chi connectivity index (χ4v) is 3.75. The number of hydrazone groups is 1. The maximum atomic E-state index is 12.7. The Balaban J connectivity index is 2.05. The molecule has 30 heavy (non-hydrogen) atoms. The maximum Gasteiger partial charge on any atom is 0.264 e. The number of carbonyl (C=O) groups is 1. The number of aromatic hydroxyl groups is 1. The van der Waals surface area contributed by atoms with Gasteiger partial charge in [-0.15, -0.1) is 0 Å². The molecule has 0 saturated carbocycles. The molecule has 0 radical (unpaired) electrons. The molecule has 2 N–H and O–H groups in total. The number of aromatic amines is 1. The van der Waals surface area contributed by atoms with Crippen molar-refractivity contribution in [2.75, 3.05) is 7.11 Å². The summed E-state index contributed by atoms with van der Waals surface area (Å²) in [6.45, 7) is 4.27. The van der Waals surface area contributed by atoms with Crippen LogP contribution < -0.4 is 10.3 Å². The van der Waals surface area contributed by atoms with Gasteiger partial charge in [0, 0.05) is 19.4 Å². The zero-order valence-corrected chi connectivity index (χ0v) is 18.2. The Bertz CT molecular complexity index is 1070. The second-order valence-corrected chi connectivity index (χ2v) is 7.48. The Morgan fingerprint density at radius 1 is 1.33 bits per heavy atom. The van der Waals surface area contributed by atoms with Crippen molar-refractivity contribution in [1.29, 1.82) is 0 Å². The highest BCUT2D eigenvalue weighted by Crippen LogP contribution is 2.34. The Morgan fingerprint density at radius 2 is 2.03 bits per heavy atom. The van der Waals surface area contributed by atoms with Gasteiger partial charge in [-0.25, -0.2) is 5.01 Å². The van der Waals surface area contributed by atoms with Gasteiger partial charge in [-0.2, -0.15) is 5.10 Å². The molecule has 3 rings (SSSR count). The molecule has 0 saturated heterocycles. The highest BCUT2D eigenvalue weighted by molar-refractivity contribution is 7.71. The van der Waals surface area contributed by atoms with E-state index in [0.29, 0.717) is 24.4 Å². The topological polar surface area (TPSA) is 99.9 Å². The maximum absolute atomic E-state index is 12.7. The summed E-state index contributed by atoms with van der Waals surface area (Å²) < 4.78 is 6.88. The van der Waals surface area contributed by atoms with Crippen LogP contribution in [-0.2, 0) is 11.3 Å². The van der Waals surface area contributed by atoms with Gasteiger partial charge in [0.25, 0.3) is 5.56 Å². The lowest BCUT2D eigenvalue weighted by molar-refractivity contribution is -0.132. The molecule has 0 aliphatic carbocycles. The van der Waals surface area contributed by atoms with E-state index in [0.717, 1.165) is 18.4 Å². The minimum atomic E-state index is -0.511. The van der Waals surface area contributed by atoms with Gasteiger partial charge in [0.15, 0.2) is 4.77 Å². The van der Waals surface area contributed by atoms with E-state index in [4.69, 9.17) is 17.0 Å². The standard InChI is InChI=1S/C21H26N4O4S/c1-4-6-11-24-20(28)18(19(27)22-21(24)30)15-12-16(25(23-15)17(26)5-2)13-7-9-14(29-3)10-8-13/h7-10,16,28H,4-6,11-12H2,1-3H3,(H,22,27,30)/t16-/m0/s1.